The highest BCUT2D eigenvalue weighted by Crippen LogP contribution is 2.29. The molecule has 140 valence electrons. The van der Waals surface area contributed by atoms with Crippen molar-refractivity contribution in [3.63, 3.8) is 0 Å². The largest absolute Gasteiger partial charge is 0.486 e. The molecule has 2 aromatic carbocycles. The number of H-pyrrole nitrogens is 1. The topological polar surface area (TPSA) is 55.0 Å². The minimum Gasteiger partial charge on any atom is -0.486 e. The number of fused-ring (bicyclic) bond motifs is 1. The van der Waals surface area contributed by atoms with Crippen LogP contribution in [-0.4, -0.2) is 15.8 Å². The summed E-state index contributed by atoms with van der Waals surface area (Å²) < 4.78 is 34.7. The van der Waals surface area contributed by atoms with Crippen LogP contribution in [0.5, 0.6) is 5.75 Å². The van der Waals surface area contributed by atoms with Crippen molar-refractivity contribution in [2.45, 2.75) is 6.61 Å². The summed E-state index contributed by atoms with van der Waals surface area (Å²) in [5.41, 5.74) is 0.593. The lowest BCUT2D eigenvalue weighted by molar-refractivity contribution is 0.103. The van der Waals surface area contributed by atoms with Crippen molar-refractivity contribution in [1.29, 1.82) is 0 Å². The van der Waals surface area contributed by atoms with Crippen LogP contribution in [0.4, 0.5) is 8.78 Å². The van der Waals surface area contributed by atoms with E-state index in [0.29, 0.717) is 16.1 Å². The molecule has 0 atom stereocenters. The number of ether oxygens (including phenoxy) is 1. The van der Waals surface area contributed by atoms with Gasteiger partial charge in [0.15, 0.2) is 11.6 Å². The zero-order valence-electron chi connectivity index (χ0n) is 14.4. The molecule has 0 unspecified atom stereocenters. The van der Waals surface area contributed by atoms with Gasteiger partial charge >= 0.3 is 0 Å². The molecule has 7 heteroatoms. The van der Waals surface area contributed by atoms with Gasteiger partial charge < -0.3 is 9.72 Å². The molecule has 0 aliphatic rings. The first-order valence-electron chi connectivity index (χ1n) is 8.36. The fourth-order valence-electron chi connectivity index (χ4n) is 2.89. The lowest BCUT2D eigenvalue weighted by Crippen LogP contribution is -2.09. The van der Waals surface area contributed by atoms with Crippen LogP contribution in [0.1, 0.15) is 21.5 Å². The number of hydrogen-bond donors (Lipinski definition) is 1. The number of pyridine rings is 1. The molecule has 0 saturated carbocycles. The van der Waals surface area contributed by atoms with Gasteiger partial charge in [0, 0.05) is 23.3 Å². The lowest BCUT2D eigenvalue weighted by Gasteiger charge is -2.11. The first-order chi connectivity index (χ1) is 13.5. The second kappa shape index (κ2) is 7.40. The summed E-state index contributed by atoms with van der Waals surface area (Å²) >= 11 is 5.93. The number of carbonyl (C=O) groups excluding carboxylic acids is 1. The van der Waals surface area contributed by atoms with Gasteiger partial charge in [-0.05, 0) is 23.8 Å². The molecule has 0 aliphatic carbocycles. The molecule has 0 fully saturated rings. The standard InChI is InChI=1S/C21H13ClF2N2O2/c22-13-8-14-15(10-26-21(14)25-9-13)20(27)18-16(23)6-7-17(19(18)24)28-11-12-4-2-1-3-5-12/h1-10H,11H2,(H,25,26). The Morgan fingerprint density at radius 3 is 2.71 bits per heavy atom. The van der Waals surface area contributed by atoms with Crippen LogP contribution in [-0.2, 0) is 6.61 Å². The van der Waals surface area contributed by atoms with Crippen molar-refractivity contribution in [3.8, 4) is 5.75 Å². The number of nitrogens with one attached hydrogen (secondary N) is 1. The van der Waals surface area contributed by atoms with E-state index in [2.05, 4.69) is 9.97 Å². The summed E-state index contributed by atoms with van der Waals surface area (Å²) in [6.45, 7) is 0.0869. The number of aromatic amines is 1. The highest BCUT2D eigenvalue weighted by molar-refractivity contribution is 6.31. The number of carbonyl (C=O) groups is 1. The lowest BCUT2D eigenvalue weighted by atomic mass is 10.0. The molecule has 28 heavy (non-hydrogen) atoms. The predicted octanol–water partition coefficient (Wildman–Crippen LogP) is 5.30. The van der Waals surface area contributed by atoms with Crippen LogP contribution in [0.2, 0.25) is 5.02 Å². The summed E-state index contributed by atoms with van der Waals surface area (Å²) in [6.07, 6.45) is 2.76. The Bertz CT molecular complexity index is 1180. The summed E-state index contributed by atoms with van der Waals surface area (Å²) in [7, 11) is 0. The van der Waals surface area contributed by atoms with Gasteiger partial charge in [-0.3, -0.25) is 4.79 Å². The van der Waals surface area contributed by atoms with Gasteiger partial charge in [0.2, 0.25) is 5.78 Å². The molecule has 0 bridgehead atoms. The number of halogens is 3. The Kier molecular flexibility index (Phi) is 4.79. The molecule has 0 saturated heterocycles. The predicted molar refractivity (Wildman–Crippen MR) is 102 cm³/mol. The van der Waals surface area contributed by atoms with Gasteiger partial charge in [0.05, 0.1) is 10.6 Å². The maximum absolute atomic E-state index is 14.9. The molecule has 0 aliphatic heterocycles. The fraction of sp³-hybridized carbons (Fsp3) is 0.0476. The number of rotatable bonds is 5. The molecular weight excluding hydrogens is 386 g/mol. The normalized spacial score (nSPS) is 11.0. The van der Waals surface area contributed by atoms with Crippen molar-refractivity contribution in [1.82, 2.24) is 9.97 Å². The van der Waals surface area contributed by atoms with E-state index in [1.54, 1.807) is 0 Å². The smallest absolute Gasteiger partial charge is 0.201 e. The molecule has 0 radical (unpaired) electrons. The maximum Gasteiger partial charge on any atom is 0.201 e. The van der Waals surface area contributed by atoms with Gasteiger partial charge in [-0.1, -0.05) is 41.9 Å². The zero-order chi connectivity index (χ0) is 19.7. The average Bonchev–Trinajstić information content (AvgIpc) is 3.11. The molecule has 4 nitrogen and oxygen atoms in total. The summed E-state index contributed by atoms with van der Waals surface area (Å²) in [5.74, 6) is -3.05. The Morgan fingerprint density at radius 1 is 1.14 bits per heavy atom. The molecule has 4 rings (SSSR count). The first kappa shape index (κ1) is 18.1. The maximum atomic E-state index is 14.9. The van der Waals surface area contributed by atoms with Crippen molar-refractivity contribution in [2.24, 2.45) is 0 Å². The van der Waals surface area contributed by atoms with Gasteiger partial charge in [0.25, 0.3) is 0 Å². The van der Waals surface area contributed by atoms with Crippen LogP contribution < -0.4 is 4.74 Å². The van der Waals surface area contributed by atoms with E-state index in [0.717, 1.165) is 17.7 Å². The van der Waals surface area contributed by atoms with Gasteiger partial charge in [0.1, 0.15) is 18.1 Å². The van der Waals surface area contributed by atoms with Crippen LogP contribution in [0.15, 0.2) is 60.9 Å². The Hall–Kier alpha value is -3.25. The van der Waals surface area contributed by atoms with Crippen molar-refractivity contribution in [3.05, 3.63) is 94.3 Å². The van der Waals surface area contributed by atoms with E-state index in [9.17, 15) is 13.6 Å². The highest BCUT2D eigenvalue weighted by Gasteiger charge is 2.25. The van der Waals surface area contributed by atoms with Crippen molar-refractivity contribution < 1.29 is 18.3 Å². The van der Waals surface area contributed by atoms with Crippen molar-refractivity contribution >= 4 is 28.4 Å². The third-order valence-corrected chi connectivity index (χ3v) is 4.47. The van der Waals surface area contributed by atoms with E-state index in [1.165, 1.54) is 18.5 Å². The highest BCUT2D eigenvalue weighted by atomic mass is 35.5. The van der Waals surface area contributed by atoms with Crippen LogP contribution in [0, 0.1) is 11.6 Å². The van der Waals surface area contributed by atoms with E-state index in [1.807, 2.05) is 30.3 Å². The molecule has 4 aromatic rings. The summed E-state index contributed by atoms with van der Waals surface area (Å²) in [4.78, 5) is 19.7. The first-order valence-corrected chi connectivity index (χ1v) is 8.74. The SMILES string of the molecule is O=C(c1c(F)ccc(OCc2ccccc2)c1F)c1c[nH]c2ncc(Cl)cc12. The minimum atomic E-state index is -1.05. The summed E-state index contributed by atoms with van der Waals surface area (Å²) in [5, 5.41) is 0.689. The van der Waals surface area contributed by atoms with Crippen LogP contribution >= 0.6 is 11.6 Å². The molecule has 2 heterocycles. The Morgan fingerprint density at radius 2 is 1.93 bits per heavy atom. The number of aromatic nitrogens is 2. The quantitative estimate of drug-likeness (QED) is 0.464. The molecule has 2 aromatic heterocycles. The number of nitrogens with zero attached hydrogens (tertiary/aromatic N) is 1. The summed E-state index contributed by atoms with van der Waals surface area (Å²) in [6, 6.07) is 12.8. The molecule has 0 spiro atoms. The van der Waals surface area contributed by atoms with E-state index >= 15 is 0 Å². The van der Waals surface area contributed by atoms with Gasteiger partial charge in [-0.15, -0.1) is 0 Å². The van der Waals surface area contributed by atoms with E-state index < -0.39 is 23.0 Å². The Balaban J connectivity index is 1.70. The van der Waals surface area contributed by atoms with E-state index in [-0.39, 0.29) is 17.9 Å². The monoisotopic (exact) mass is 398 g/mol. The molecular formula is C21H13ClF2N2O2. The second-order valence-corrected chi connectivity index (χ2v) is 6.53. The number of hydrogen-bond acceptors (Lipinski definition) is 3. The third kappa shape index (κ3) is 3.34. The zero-order valence-corrected chi connectivity index (χ0v) is 15.1. The number of benzene rings is 2. The number of ketones is 1. The van der Waals surface area contributed by atoms with Gasteiger partial charge in [-0.2, -0.15) is 0 Å². The Labute approximate surface area is 163 Å². The third-order valence-electron chi connectivity index (χ3n) is 4.26. The van der Waals surface area contributed by atoms with Crippen LogP contribution in [0.3, 0.4) is 0 Å². The van der Waals surface area contributed by atoms with Gasteiger partial charge in [-0.25, -0.2) is 13.8 Å². The molecule has 0 amide bonds. The second-order valence-electron chi connectivity index (χ2n) is 6.09. The minimum absolute atomic E-state index is 0.0722. The van der Waals surface area contributed by atoms with Crippen molar-refractivity contribution in [2.75, 3.05) is 0 Å². The van der Waals surface area contributed by atoms with Crippen LogP contribution in [0.25, 0.3) is 11.0 Å². The average molecular weight is 399 g/mol. The van der Waals surface area contributed by atoms with E-state index in [4.69, 9.17) is 16.3 Å². The fourth-order valence-corrected chi connectivity index (χ4v) is 3.05. The molecule has 1 N–H and O–H groups in total.